The molecule has 0 saturated heterocycles. The number of benzene rings is 1. The van der Waals surface area contributed by atoms with E-state index in [1.807, 2.05) is 13.0 Å². The van der Waals surface area contributed by atoms with Gasteiger partial charge in [-0.15, -0.1) is 0 Å². The molecule has 1 N–H and O–H groups in total. The molecule has 0 fully saturated rings. The Balaban J connectivity index is 2.34. The van der Waals surface area contributed by atoms with Crippen LogP contribution >= 0.6 is 15.9 Å². The third kappa shape index (κ3) is 2.87. The first-order valence-electron chi connectivity index (χ1n) is 5.88. The van der Waals surface area contributed by atoms with Crippen LogP contribution in [-0.2, 0) is 6.42 Å². The first kappa shape index (κ1) is 14.2. The van der Waals surface area contributed by atoms with Crippen LogP contribution in [0.15, 0.2) is 33.4 Å². The molecule has 5 heteroatoms. The van der Waals surface area contributed by atoms with Crippen molar-refractivity contribution in [3.8, 4) is 0 Å². The molecule has 19 heavy (non-hydrogen) atoms. The fourth-order valence-electron chi connectivity index (χ4n) is 2.08. The van der Waals surface area contributed by atoms with Crippen LogP contribution in [0, 0.1) is 18.6 Å². The third-order valence-electron chi connectivity index (χ3n) is 3.17. The van der Waals surface area contributed by atoms with E-state index in [1.54, 1.807) is 13.3 Å². The number of hydrogen-bond donors (Lipinski definition) is 1. The Morgan fingerprint density at radius 3 is 2.63 bits per heavy atom. The second-order valence-corrected chi connectivity index (χ2v) is 5.15. The summed E-state index contributed by atoms with van der Waals surface area (Å²) in [5.74, 6) is -0.348. The average Bonchev–Trinajstić information content (AvgIpc) is 2.81. The van der Waals surface area contributed by atoms with Gasteiger partial charge in [0.25, 0.3) is 0 Å². The SMILES string of the molecule is CNC(Cc1c(F)ccc(Br)c1F)c1ccoc1C. The van der Waals surface area contributed by atoms with Crippen LogP contribution < -0.4 is 5.32 Å². The predicted molar refractivity (Wildman–Crippen MR) is 73.0 cm³/mol. The summed E-state index contributed by atoms with van der Waals surface area (Å²) in [6.07, 6.45) is 1.79. The minimum Gasteiger partial charge on any atom is -0.469 e. The fourth-order valence-corrected chi connectivity index (χ4v) is 2.46. The van der Waals surface area contributed by atoms with E-state index in [0.29, 0.717) is 0 Å². The van der Waals surface area contributed by atoms with Gasteiger partial charge < -0.3 is 9.73 Å². The van der Waals surface area contributed by atoms with Crippen molar-refractivity contribution < 1.29 is 13.2 Å². The smallest absolute Gasteiger partial charge is 0.143 e. The molecule has 0 bridgehead atoms. The van der Waals surface area contributed by atoms with E-state index in [9.17, 15) is 8.78 Å². The van der Waals surface area contributed by atoms with Gasteiger partial charge in [0.05, 0.1) is 10.7 Å². The highest BCUT2D eigenvalue weighted by atomic mass is 79.9. The Labute approximate surface area is 118 Å². The van der Waals surface area contributed by atoms with Gasteiger partial charge in [-0.2, -0.15) is 0 Å². The zero-order valence-electron chi connectivity index (χ0n) is 10.6. The van der Waals surface area contributed by atoms with Crippen molar-refractivity contribution in [1.29, 1.82) is 0 Å². The summed E-state index contributed by atoms with van der Waals surface area (Å²) in [5, 5.41) is 3.06. The van der Waals surface area contributed by atoms with E-state index < -0.39 is 11.6 Å². The van der Waals surface area contributed by atoms with E-state index in [0.717, 1.165) is 11.3 Å². The largest absolute Gasteiger partial charge is 0.469 e. The maximum atomic E-state index is 14.0. The van der Waals surface area contributed by atoms with Gasteiger partial charge in [-0.05, 0) is 54.5 Å². The molecule has 1 unspecified atom stereocenters. The number of likely N-dealkylation sites (N-methyl/N-ethyl adjacent to an activating group) is 1. The van der Waals surface area contributed by atoms with Crippen LogP contribution in [0.1, 0.15) is 22.9 Å². The Kier molecular flexibility index (Phi) is 4.37. The zero-order valence-corrected chi connectivity index (χ0v) is 12.2. The van der Waals surface area contributed by atoms with Crippen LogP contribution in [0.2, 0.25) is 0 Å². The highest BCUT2D eigenvalue weighted by Crippen LogP contribution is 2.28. The summed E-state index contributed by atoms with van der Waals surface area (Å²) in [6.45, 7) is 1.83. The number of aryl methyl sites for hydroxylation is 1. The maximum absolute atomic E-state index is 14.0. The normalized spacial score (nSPS) is 12.7. The number of halogens is 3. The van der Waals surface area contributed by atoms with Gasteiger partial charge in [0.2, 0.25) is 0 Å². The Hall–Kier alpha value is -1.20. The summed E-state index contributed by atoms with van der Waals surface area (Å²) in [5.41, 5.74) is 0.968. The second-order valence-electron chi connectivity index (χ2n) is 4.30. The number of furan rings is 1. The fraction of sp³-hybridized carbons (Fsp3) is 0.286. The van der Waals surface area contributed by atoms with Crippen LogP contribution in [0.3, 0.4) is 0 Å². The van der Waals surface area contributed by atoms with Crippen LogP contribution in [0.25, 0.3) is 0 Å². The zero-order chi connectivity index (χ0) is 14.0. The number of hydrogen-bond acceptors (Lipinski definition) is 2. The van der Waals surface area contributed by atoms with Crippen molar-refractivity contribution >= 4 is 15.9 Å². The van der Waals surface area contributed by atoms with Gasteiger partial charge in [-0.25, -0.2) is 8.78 Å². The van der Waals surface area contributed by atoms with Gasteiger partial charge in [0, 0.05) is 17.2 Å². The monoisotopic (exact) mass is 329 g/mol. The molecule has 0 radical (unpaired) electrons. The predicted octanol–water partition coefficient (Wildman–Crippen LogP) is 4.13. The van der Waals surface area contributed by atoms with Crippen molar-refractivity contribution in [2.24, 2.45) is 0 Å². The number of rotatable bonds is 4. The molecule has 0 spiro atoms. The molecule has 2 aromatic rings. The lowest BCUT2D eigenvalue weighted by Gasteiger charge is -2.17. The van der Waals surface area contributed by atoms with Crippen molar-refractivity contribution in [2.75, 3.05) is 7.05 Å². The molecule has 2 nitrogen and oxygen atoms in total. The van der Waals surface area contributed by atoms with Gasteiger partial charge >= 0.3 is 0 Å². The first-order chi connectivity index (χ1) is 9.04. The second kappa shape index (κ2) is 5.84. The van der Waals surface area contributed by atoms with Crippen molar-refractivity contribution in [3.63, 3.8) is 0 Å². The molecular formula is C14H14BrF2NO. The van der Waals surface area contributed by atoms with Gasteiger partial charge in [-0.3, -0.25) is 0 Å². The standard InChI is InChI=1S/C14H14BrF2NO/c1-8-9(5-6-19-8)13(18-2)7-10-12(16)4-3-11(15)14(10)17/h3-6,13,18H,7H2,1-2H3. The minimum atomic E-state index is -0.554. The molecule has 102 valence electrons. The lowest BCUT2D eigenvalue weighted by atomic mass is 9.99. The van der Waals surface area contributed by atoms with Crippen LogP contribution in [-0.4, -0.2) is 7.05 Å². The molecule has 1 heterocycles. The molecule has 0 amide bonds. The molecule has 1 atom stereocenters. The molecule has 1 aromatic carbocycles. The molecule has 0 aliphatic rings. The van der Waals surface area contributed by atoms with Crippen LogP contribution in [0.4, 0.5) is 8.78 Å². The van der Waals surface area contributed by atoms with Gasteiger partial charge in [0.15, 0.2) is 0 Å². The molecule has 0 aliphatic carbocycles. The van der Waals surface area contributed by atoms with E-state index >= 15 is 0 Å². The molecular weight excluding hydrogens is 316 g/mol. The third-order valence-corrected chi connectivity index (χ3v) is 3.78. The summed E-state index contributed by atoms with van der Waals surface area (Å²) in [7, 11) is 1.75. The Morgan fingerprint density at radius 1 is 1.32 bits per heavy atom. The first-order valence-corrected chi connectivity index (χ1v) is 6.67. The van der Waals surface area contributed by atoms with Crippen LogP contribution in [0.5, 0.6) is 0 Å². The Bertz CT molecular complexity index is 583. The van der Waals surface area contributed by atoms with E-state index in [1.165, 1.54) is 12.1 Å². The van der Waals surface area contributed by atoms with E-state index in [2.05, 4.69) is 21.2 Å². The lowest BCUT2D eigenvalue weighted by molar-refractivity contribution is 0.493. The summed E-state index contributed by atoms with van der Waals surface area (Å²) in [4.78, 5) is 0. The highest BCUT2D eigenvalue weighted by molar-refractivity contribution is 9.10. The average molecular weight is 330 g/mol. The minimum absolute atomic E-state index is 0.0642. The highest BCUT2D eigenvalue weighted by Gasteiger charge is 2.20. The molecule has 0 saturated carbocycles. The summed E-state index contributed by atoms with van der Waals surface area (Å²) < 4.78 is 33.2. The van der Waals surface area contributed by atoms with Gasteiger partial charge in [-0.1, -0.05) is 0 Å². The van der Waals surface area contributed by atoms with Crippen molar-refractivity contribution in [2.45, 2.75) is 19.4 Å². The summed E-state index contributed by atoms with van der Waals surface area (Å²) >= 11 is 3.07. The molecule has 1 aromatic heterocycles. The van der Waals surface area contributed by atoms with Gasteiger partial charge in [0.1, 0.15) is 17.4 Å². The summed E-state index contributed by atoms with van der Waals surface area (Å²) in [6, 6.07) is 4.24. The molecule has 0 aliphatic heterocycles. The maximum Gasteiger partial charge on any atom is 0.143 e. The topological polar surface area (TPSA) is 25.2 Å². The Morgan fingerprint density at radius 2 is 2.05 bits per heavy atom. The van der Waals surface area contributed by atoms with Crippen molar-refractivity contribution in [3.05, 3.63) is 57.5 Å². The molecule has 2 rings (SSSR count). The van der Waals surface area contributed by atoms with E-state index in [4.69, 9.17) is 4.42 Å². The van der Waals surface area contributed by atoms with Crippen molar-refractivity contribution in [1.82, 2.24) is 5.32 Å². The number of nitrogens with one attached hydrogen (secondary N) is 1. The van der Waals surface area contributed by atoms with E-state index in [-0.39, 0.29) is 22.5 Å². The lowest BCUT2D eigenvalue weighted by Crippen LogP contribution is -2.20. The quantitative estimate of drug-likeness (QED) is 0.853.